The molecule has 1 amide bonds. The lowest BCUT2D eigenvalue weighted by molar-refractivity contribution is 0.0768. The number of amides is 1. The summed E-state index contributed by atoms with van der Waals surface area (Å²) in [5.41, 5.74) is -0.481. The van der Waals surface area contributed by atoms with Crippen molar-refractivity contribution in [2.24, 2.45) is 5.92 Å². The van der Waals surface area contributed by atoms with E-state index in [4.69, 9.17) is 0 Å². The zero-order chi connectivity index (χ0) is 16.9. The zero-order valence-electron chi connectivity index (χ0n) is 12.7. The maximum atomic E-state index is 13.7. The van der Waals surface area contributed by atoms with Gasteiger partial charge in [0.2, 0.25) is 0 Å². The molecule has 3 atom stereocenters. The summed E-state index contributed by atoms with van der Waals surface area (Å²) in [6, 6.07) is 0.421. The molecule has 6 nitrogen and oxygen atoms in total. The van der Waals surface area contributed by atoms with E-state index < -0.39 is 38.3 Å². The molecule has 0 spiro atoms. The summed E-state index contributed by atoms with van der Waals surface area (Å²) in [6.07, 6.45) is 0.770. The lowest BCUT2D eigenvalue weighted by Gasteiger charge is -2.25. The van der Waals surface area contributed by atoms with Crippen LogP contribution in [0.1, 0.15) is 10.5 Å². The molecule has 9 heteroatoms. The highest BCUT2D eigenvalue weighted by Crippen LogP contribution is 2.36. The van der Waals surface area contributed by atoms with Crippen LogP contribution >= 0.6 is 0 Å². The van der Waals surface area contributed by atoms with Crippen LogP contribution in [0.3, 0.4) is 0 Å². The van der Waals surface area contributed by atoms with Gasteiger partial charge in [-0.3, -0.25) is 4.79 Å². The van der Waals surface area contributed by atoms with Crippen molar-refractivity contribution in [1.29, 1.82) is 0 Å². The van der Waals surface area contributed by atoms with E-state index in [2.05, 4.69) is 4.98 Å². The predicted molar refractivity (Wildman–Crippen MR) is 78.6 cm³/mol. The van der Waals surface area contributed by atoms with E-state index in [1.807, 2.05) is 4.90 Å². The summed E-state index contributed by atoms with van der Waals surface area (Å²) in [6.45, 7) is 0.249. The Labute approximate surface area is 133 Å². The number of nitrogens with zero attached hydrogens (tertiary/aromatic N) is 3. The van der Waals surface area contributed by atoms with Crippen LogP contribution in [0, 0.1) is 17.6 Å². The Morgan fingerprint density at radius 3 is 2.65 bits per heavy atom. The van der Waals surface area contributed by atoms with Crippen LogP contribution in [0.5, 0.6) is 0 Å². The van der Waals surface area contributed by atoms with Gasteiger partial charge in [0, 0.05) is 31.1 Å². The fourth-order valence-electron chi connectivity index (χ4n) is 3.45. The summed E-state index contributed by atoms with van der Waals surface area (Å²) in [7, 11) is 0.306. The van der Waals surface area contributed by atoms with Gasteiger partial charge in [-0.1, -0.05) is 0 Å². The Hall–Kier alpha value is -1.61. The fourth-order valence-corrected chi connectivity index (χ4v) is 5.93. The van der Waals surface area contributed by atoms with E-state index in [0.29, 0.717) is 6.07 Å². The topological polar surface area (TPSA) is 70.6 Å². The van der Waals surface area contributed by atoms with Crippen LogP contribution in [0.2, 0.25) is 0 Å². The molecular formula is C14H17F2N3O3S. The van der Waals surface area contributed by atoms with E-state index in [1.165, 1.54) is 4.90 Å². The molecule has 0 bridgehead atoms. The van der Waals surface area contributed by atoms with Crippen LogP contribution in [0.15, 0.2) is 12.3 Å². The second-order valence-corrected chi connectivity index (χ2v) is 8.52. The molecule has 0 N–H and O–H groups in total. The molecule has 0 aliphatic carbocycles. The van der Waals surface area contributed by atoms with Crippen molar-refractivity contribution < 1.29 is 22.0 Å². The lowest BCUT2D eigenvalue weighted by Crippen LogP contribution is -2.39. The first-order valence-corrected chi connectivity index (χ1v) is 8.90. The van der Waals surface area contributed by atoms with Gasteiger partial charge in [0.05, 0.1) is 17.2 Å². The van der Waals surface area contributed by atoms with Gasteiger partial charge >= 0.3 is 0 Å². The van der Waals surface area contributed by atoms with Gasteiger partial charge in [-0.05, 0) is 14.1 Å². The van der Waals surface area contributed by atoms with Crippen molar-refractivity contribution in [2.75, 3.05) is 32.9 Å². The third-order valence-electron chi connectivity index (χ3n) is 4.63. The third-order valence-corrected chi connectivity index (χ3v) is 6.86. The summed E-state index contributed by atoms with van der Waals surface area (Å²) in [5.74, 6) is -2.75. The molecule has 2 saturated heterocycles. The minimum absolute atomic E-state index is 0.0225. The van der Waals surface area contributed by atoms with Gasteiger partial charge in [-0.15, -0.1) is 0 Å². The minimum atomic E-state index is -3.29. The number of hydrogen-bond donors (Lipinski definition) is 0. The average molecular weight is 345 g/mol. The first-order chi connectivity index (χ1) is 10.7. The van der Waals surface area contributed by atoms with Gasteiger partial charge in [0.25, 0.3) is 5.91 Å². The normalized spacial score (nSPS) is 29.1. The quantitative estimate of drug-likeness (QED) is 0.764. The van der Waals surface area contributed by atoms with E-state index >= 15 is 0 Å². The Morgan fingerprint density at radius 1 is 1.35 bits per heavy atom. The molecule has 3 rings (SSSR count). The number of rotatable bonds is 2. The predicted octanol–water partition coefficient (Wildman–Crippen LogP) is 0.159. The van der Waals surface area contributed by atoms with Gasteiger partial charge < -0.3 is 9.80 Å². The smallest absolute Gasteiger partial charge is 0.275 e. The standard InChI is InChI=1S/C14H17F2N3O3S/c1-18(2)11-7-23(21,22)12-6-19(5-9(11)12)14(20)13-10(16)3-8(15)4-17-13/h3-4,9,11-12H,5-7H2,1-2H3/t9-,11+,12-/m0/s1. The summed E-state index contributed by atoms with van der Waals surface area (Å²) in [5, 5.41) is -0.637. The fraction of sp³-hybridized carbons (Fsp3) is 0.571. The van der Waals surface area contributed by atoms with E-state index in [0.717, 1.165) is 6.20 Å². The summed E-state index contributed by atoms with van der Waals surface area (Å²) >= 11 is 0. The molecule has 23 heavy (non-hydrogen) atoms. The monoisotopic (exact) mass is 345 g/mol. The van der Waals surface area contributed by atoms with Crippen LogP contribution in [0.25, 0.3) is 0 Å². The Balaban J connectivity index is 1.86. The SMILES string of the molecule is CN(C)[C@@H]1CS(=O)(=O)[C@H]2CN(C(=O)c3ncc(F)cc3F)C[C@@H]12. The molecule has 0 radical (unpaired) electrons. The summed E-state index contributed by atoms with van der Waals surface area (Å²) < 4.78 is 51.2. The molecule has 0 aromatic carbocycles. The van der Waals surface area contributed by atoms with Crippen molar-refractivity contribution in [2.45, 2.75) is 11.3 Å². The van der Waals surface area contributed by atoms with E-state index in [-0.39, 0.29) is 30.8 Å². The van der Waals surface area contributed by atoms with E-state index in [1.54, 1.807) is 14.1 Å². The molecule has 1 aromatic heterocycles. The number of aromatic nitrogens is 1. The number of pyridine rings is 1. The molecular weight excluding hydrogens is 328 g/mol. The van der Waals surface area contributed by atoms with Crippen LogP contribution in [-0.4, -0.2) is 73.3 Å². The number of carbonyl (C=O) groups is 1. The first-order valence-electron chi connectivity index (χ1n) is 7.19. The molecule has 1 aromatic rings. The van der Waals surface area contributed by atoms with Crippen LogP contribution < -0.4 is 0 Å². The number of sulfone groups is 1. The van der Waals surface area contributed by atoms with Gasteiger partial charge in [0.1, 0.15) is 5.82 Å². The largest absolute Gasteiger partial charge is 0.336 e. The highest BCUT2D eigenvalue weighted by atomic mass is 32.2. The van der Waals surface area contributed by atoms with Crippen LogP contribution in [0.4, 0.5) is 8.78 Å². The van der Waals surface area contributed by atoms with Crippen molar-refractivity contribution in [3.8, 4) is 0 Å². The second kappa shape index (κ2) is 5.48. The van der Waals surface area contributed by atoms with Crippen molar-refractivity contribution in [3.05, 3.63) is 29.6 Å². The highest BCUT2D eigenvalue weighted by Gasteiger charge is 2.53. The number of halogens is 2. The van der Waals surface area contributed by atoms with E-state index in [9.17, 15) is 22.0 Å². The molecule has 0 unspecified atom stereocenters. The number of fused-ring (bicyclic) bond motifs is 1. The molecule has 0 saturated carbocycles. The number of hydrogen-bond acceptors (Lipinski definition) is 5. The molecule has 3 heterocycles. The van der Waals surface area contributed by atoms with Gasteiger partial charge in [0.15, 0.2) is 21.3 Å². The maximum absolute atomic E-state index is 13.7. The van der Waals surface area contributed by atoms with Crippen LogP contribution in [-0.2, 0) is 9.84 Å². The van der Waals surface area contributed by atoms with Crippen molar-refractivity contribution in [1.82, 2.24) is 14.8 Å². The lowest BCUT2D eigenvalue weighted by atomic mass is 10.00. The third kappa shape index (κ3) is 2.72. The maximum Gasteiger partial charge on any atom is 0.275 e. The Bertz CT molecular complexity index is 754. The molecule has 126 valence electrons. The highest BCUT2D eigenvalue weighted by molar-refractivity contribution is 7.92. The first kappa shape index (κ1) is 16.3. The Morgan fingerprint density at radius 2 is 2.04 bits per heavy atom. The minimum Gasteiger partial charge on any atom is -0.336 e. The van der Waals surface area contributed by atoms with Gasteiger partial charge in [-0.25, -0.2) is 22.2 Å². The second-order valence-electron chi connectivity index (χ2n) is 6.26. The molecule has 2 aliphatic heterocycles. The molecule has 2 aliphatic rings. The van der Waals surface area contributed by atoms with Crippen molar-refractivity contribution >= 4 is 15.7 Å². The average Bonchev–Trinajstić information content (AvgIpc) is 2.98. The number of likely N-dealkylation sites (tertiary alicyclic amines) is 1. The molecule has 2 fully saturated rings. The Kier molecular flexibility index (Phi) is 3.88. The zero-order valence-corrected chi connectivity index (χ0v) is 13.6. The summed E-state index contributed by atoms with van der Waals surface area (Å²) in [4.78, 5) is 19.0. The van der Waals surface area contributed by atoms with Crippen molar-refractivity contribution in [3.63, 3.8) is 0 Å². The van der Waals surface area contributed by atoms with Gasteiger partial charge in [-0.2, -0.15) is 0 Å². The number of carbonyl (C=O) groups excluding carboxylic acids is 1.